The summed E-state index contributed by atoms with van der Waals surface area (Å²) in [5, 5.41) is 348. The highest BCUT2D eigenvalue weighted by atomic mass is 16.8. The molecule has 0 bridgehead atoms. The van der Waals surface area contributed by atoms with Gasteiger partial charge in [-0.3, -0.25) is 19.2 Å². The highest BCUT2D eigenvalue weighted by Gasteiger charge is 2.63. The van der Waals surface area contributed by atoms with E-state index in [2.05, 4.69) is 21.3 Å². The van der Waals surface area contributed by atoms with Gasteiger partial charge >= 0.3 is 0 Å². The second-order valence-corrected chi connectivity index (χ2v) is 33.8. The summed E-state index contributed by atoms with van der Waals surface area (Å²) in [5.74, 6) is -3.89. The van der Waals surface area contributed by atoms with E-state index in [0.29, 0.717) is 0 Å². The summed E-state index contributed by atoms with van der Waals surface area (Å²) in [6.07, 6.45) is -111. The molecule has 770 valence electrons. The fourth-order valence-electron chi connectivity index (χ4n) is 17.3. The molecule has 0 aromatic rings. The third kappa shape index (κ3) is 24.1. The third-order valence-electron chi connectivity index (χ3n) is 24.5. The van der Waals surface area contributed by atoms with Gasteiger partial charge < -0.3 is 274 Å². The molecule has 11 aliphatic rings. The predicted octanol–water partition coefficient (Wildman–Crippen LogP) is -23.4. The monoisotopic (exact) mass is 1950 g/mol. The molecule has 11 rings (SSSR count). The molecule has 0 radical (unpaired) electrons. The fourth-order valence-corrected chi connectivity index (χ4v) is 17.3. The Morgan fingerprint density at radius 1 is 0.211 bits per heavy atom. The molecule has 0 aromatic carbocycles. The van der Waals surface area contributed by atoms with E-state index >= 15 is 0 Å². The van der Waals surface area contributed by atoms with Gasteiger partial charge in [-0.05, 0) is 6.92 Å². The summed E-state index contributed by atoms with van der Waals surface area (Å²) in [6, 6.07) is -7.85. The van der Waals surface area contributed by atoms with E-state index in [1.54, 1.807) is 0 Å². The second kappa shape index (κ2) is 47.6. The van der Waals surface area contributed by atoms with Crippen LogP contribution in [-0.4, -0.2) is 580 Å². The summed E-state index contributed by atoms with van der Waals surface area (Å²) >= 11 is 0. The number of carbonyl (C=O) groups excluding carboxylic acids is 4. The van der Waals surface area contributed by atoms with E-state index < -0.39 is 427 Å². The van der Waals surface area contributed by atoms with Crippen LogP contribution in [0.5, 0.6) is 0 Å². The molecular formula is C74H124N4O55. The molecule has 34 N–H and O–H groups in total. The lowest BCUT2D eigenvalue weighted by atomic mass is 9.93. The topological polar surface area (TPSA) is 917 Å². The van der Waals surface area contributed by atoms with Gasteiger partial charge in [0, 0.05) is 27.7 Å². The van der Waals surface area contributed by atoms with Gasteiger partial charge in [-0.25, -0.2) is 0 Å². The van der Waals surface area contributed by atoms with E-state index in [0.717, 1.165) is 27.7 Å². The number of ether oxygens (including phenoxy) is 21. The summed E-state index contributed by atoms with van der Waals surface area (Å²) < 4.78 is 127. The molecule has 59 nitrogen and oxygen atoms in total. The maximum atomic E-state index is 13.9. The number of rotatable bonds is 34. The SMILES string of the molecule is CC(=O)N[C@@H]1[C@@H](O)[C@H](O[C@@H]2O[C@H](CO)[C@@H](O[C@@H]3O[C@H](CO[C@H]4O[C@H](CO[C@H]5O[C@H](CO)[C@@H](O)[C@H](O)[C@@H]5O)[C@@H](O)[C@H](O[C@H]5O[C@H](CO)[C@@H](O)[C@H](O)[C@@H]5O)[C@@H]4O)[C@@H](O)[C@H](O[C@H]4O[C@H](CO)[C@@H](O[C@@H]5O[C@H](CO)[C@@H](O)[C@H](O)[C@H]5NC(C)=O)[C@H](O)[C@@H]4O[C@@H]4O[C@H](CO)[C@@H](O[C@@H]5O[C@H](CO)[C@H](O)[C@H](O)[C@H]5O)[C@H](O[C@@H]5O[C@@H](C)[C@@H](O)[C@@H](O)[C@@H]5O)[C@H]4NC(C)=O)[C@@H]3O)[C@H](O)[C@H]2NC(C)=O)[C@@H](CO)O[C@H]1O. The Morgan fingerprint density at radius 3 is 0.925 bits per heavy atom. The predicted molar refractivity (Wildman–Crippen MR) is 407 cm³/mol. The summed E-state index contributed by atoms with van der Waals surface area (Å²) in [7, 11) is 0. The van der Waals surface area contributed by atoms with Crippen molar-refractivity contribution in [2.24, 2.45) is 0 Å². The van der Waals surface area contributed by atoms with Crippen LogP contribution < -0.4 is 21.3 Å². The maximum absolute atomic E-state index is 13.9. The Bertz CT molecular complexity index is 3630. The van der Waals surface area contributed by atoms with Gasteiger partial charge in [0.05, 0.1) is 72.2 Å². The molecule has 0 unspecified atom stereocenters. The van der Waals surface area contributed by atoms with Gasteiger partial charge in [-0.2, -0.15) is 0 Å². The average Bonchev–Trinajstić information content (AvgIpc) is 0.757. The van der Waals surface area contributed by atoms with E-state index in [9.17, 15) is 172 Å². The summed E-state index contributed by atoms with van der Waals surface area (Å²) in [4.78, 5) is 52.2. The van der Waals surface area contributed by atoms with Gasteiger partial charge in [0.15, 0.2) is 69.2 Å². The number of amides is 4. The molecule has 55 atom stereocenters. The lowest BCUT2D eigenvalue weighted by Crippen LogP contribution is -2.72. The van der Waals surface area contributed by atoms with Gasteiger partial charge in [0.25, 0.3) is 0 Å². The van der Waals surface area contributed by atoms with Gasteiger partial charge in [0.1, 0.15) is 262 Å². The van der Waals surface area contributed by atoms with Crippen LogP contribution in [0.15, 0.2) is 0 Å². The van der Waals surface area contributed by atoms with Crippen LogP contribution in [-0.2, 0) is 119 Å². The van der Waals surface area contributed by atoms with Crippen LogP contribution in [0, 0.1) is 0 Å². The first-order valence-electron chi connectivity index (χ1n) is 42.5. The first kappa shape index (κ1) is 109. The molecule has 11 aliphatic heterocycles. The van der Waals surface area contributed by atoms with Crippen LogP contribution in [0.3, 0.4) is 0 Å². The van der Waals surface area contributed by atoms with Crippen molar-refractivity contribution in [3.05, 3.63) is 0 Å². The van der Waals surface area contributed by atoms with Crippen LogP contribution in [0.1, 0.15) is 34.6 Å². The normalized spacial score (nSPS) is 50.1. The zero-order valence-corrected chi connectivity index (χ0v) is 71.4. The van der Waals surface area contributed by atoms with Crippen LogP contribution >= 0.6 is 0 Å². The van der Waals surface area contributed by atoms with Gasteiger partial charge in [-0.15, -0.1) is 0 Å². The second-order valence-electron chi connectivity index (χ2n) is 33.8. The van der Waals surface area contributed by atoms with Crippen molar-refractivity contribution in [3.8, 4) is 0 Å². The number of aliphatic hydroxyl groups excluding tert-OH is 30. The fraction of sp³-hybridized carbons (Fsp3) is 0.946. The van der Waals surface area contributed by atoms with Crippen molar-refractivity contribution in [1.82, 2.24) is 21.3 Å². The Labute approximate surface area is 752 Å². The first-order valence-corrected chi connectivity index (χ1v) is 42.5. The summed E-state index contributed by atoms with van der Waals surface area (Å²) in [5.41, 5.74) is 0. The molecule has 0 spiro atoms. The zero-order chi connectivity index (χ0) is 97.8. The van der Waals surface area contributed by atoms with Crippen molar-refractivity contribution >= 4 is 23.6 Å². The Hall–Kier alpha value is -4.16. The zero-order valence-electron chi connectivity index (χ0n) is 71.4. The standard InChI is InChI=1S/C74H124N4O55/c1-16-35(91)45(101)50(106)70(115-16)130-60-34(78-20(5)90)67(122-28(13-86)59(60)129-71-51(107)47(103)38(94)23(8-81)119-71)133-63-53(109)58(127-65-32(76-18(3)88)42(98)36(92)21(6-79)117-65)27(12-85)123-74(63)132-62-41(97)30(125-73(55(62)111)128-57-26(11-84)121-66(33(44(57)100)77-19(4)89)126-56-25(10-83)116-64(112)31(43(56)99)75-17(2)87)15-114-69-54(110)61(131-72-52(108)48(104)39(95)24(9-82)120-72)40(96)29(124-69)14-113-68-49(105)46(102)37(93)22(7-80)118-68/h16,21-74,79-86,91-112H,6-15H2,1-5H3,(H,75,87)(H,76,88)(H,77,89)(H,78,90)/t16-,21+,22+,23+,24+,25+,26+,27+,28+,29+,30+,31+,32+,33+,34+,35+,36+,37+,38-,39+,40+,41+,42+,43+,44+,45+,46-,47-,48-,49-,50-,51+,52-,53-,54-,55-,56+,57+,58+,59+,60+,61-,62-,63-,64+,65-,66-,67-,68-,69-,70-,71-,72+,73-,74+/m0/s1. The van der Waals surface area contributed by atoms with E-state index in [-0.39, 0.29) is 0 Å². The largest absolute Gasteiger partial charge is 0.394 e. The average molecular weight is 1950 g/mol. The van der Waals surface area contributed by atoms with Crippen molar-refractivity contribution < 1.29 is 272 Å². The van der Waals surface area contributed by atoms with E-state index in [1.165, 1.54) is 6.92 Å². The van der Waals surface area contributed by atoms with Crippen LogP contribution in [0.25, 0.3) is 0 Å². The molecule has 0 saturated carbocycles. The molecule has 59 heteroatoms. The lowest BCUT2D eigenvalue weighted by Gasteiger charge is -2.53. The van der Waals surface area contributed by atoms with E-state index in [4.69, 9.17) is 99.5 Å². The number of hydrogen-bond donors (Lipinski definition) is 34. The number of carbonyl (C=O) groups is 4. The molecule has 0 aromatic heterocycles. The minimum absolute atomic E-state index is 0.828. The molecule has 11 fully saturated rings. The first-order chi connectivity index (χ1) is 62.9. The lowest BCUT2D eigenvalue weighted by molar-refractivity contribution is -0.409. The number of hydrogen-bond acceptors (Lipinski definition) is 55. The molecule has 11 heterocycles. The number of aliphatic hydroxyl groups is 30. The Kier molecular flexibility index (Phi) is 39.1. The van der Waals surface area contributed by atoms with Gasteiger partial charge in [-0.1, -0.05) is 0 Å². The van der Waals surface area contributed by atoms with E-state index in [1.807, 2.05) is 0 Å². The maximum Gasteiger partial charge on any atom is 0.217 e. The van der Waals surface area contributed by atoms with Gasteiger partial charge in [0.2, 0.25) is 23.6 Å². The molecule has 4 amide bonds. The minimum Gasteiger partial charge on any atom is -0.394 e. The minimum atomic E-state index is -2.76. The van der Waals surface area contributed by atoms with Crippen molar-refractivity contribution in [3.63, 3.8) is 0 Å². The van der Waals surface area contributed by atoms with Crippen molar-refractivity contribution in [1.29, 1.82) is 0 Å². The van der Waals surface area contributed by atoms with Crippen LogP contribution in [0.4, 0.5) is 0 Å². The highest BCUT2D eigenvalue weighted by molar-refractivity contribution is 5.74. The van der Waals surface area contributed by atoms with Crippen molar-refractivity contribution in [2.45, 2.75) is 372 Å². The van der Waals surface area contributed by atoms with Crippen molar-refractivity contribution in [2.75, 3.05) is 66.1 Å². The quantitative estimate of drug-likeness (QED) is 0.0284. The summed E-state index contributed by atoms with van der Waals surface area (Å²) in [6.45, 7) is -6.83. The smallest absolute Gasteiger partial charge is 0.217 e. The Morgan fingerprint density at radius 2 is 0.474 bits per heavy atom. The molecular weight excluding hydrogens is 1820 g/mol. The number of nitrogens with one attached hydrogen (secondary N) is 4. The molecule has 11 saturated heterocycles. The third-order valence-corrected chi connectivity index (χ3v) is 24.5. The molecule has 0 aliphatic carbocycles. The Balaban J connectivity index is 1.01. The molecule has 133 heavy (non-hydrogen) atoms. The highest BCUT2D eigenvalue weighted by Crippen LogP contribution is 2.42. The van der Waals surface area contributed by atoms with Crippen LogP contribution in [0.2, 0.25) is 0 Å².